The van der Waals surface area contributed by atoms with E-state index in [-0.39, 0.29) is 5.54 Å². The number of nitrogens with zero attached hydrogens (tertiary/aromatic N) is 2. The zero-order valence-corrected chi connectivity index (χ0v) is 14.2. The van der Waals surface area contributed by atoms with E-state index in [1.807, 2.05) is 12.3 Å². The van der Waals surface area contributed by atoms with Crippen molar-refractivity contribution in [3.05, 3.63) is 23.9 Å². The lowest BCUT2D eigenvalue weighted by molar-refractivity contribution is 0.423. The van der Waals surface area contributed by atoms with Crippen molar-refractivity contribution in [2.75, 3.05) is 11.9 Å². The summed E-state index contributed by atoms with van der Waals surface area (Å²) >= 11 is 0. The molecule has 0 unspecified atom stereocenters. The number of anilines is 1. The summed E-state index contributed by atoms with van der Waals surface area (Å²) in [6.07, 6.45) is 10.0. The van der Waals surface area contributed by atoms with Crippen LogP contribution in [0.25, 0.3) is 0 Å². The number of hydrogen-bond donors (Lipinski definition) is 1. The minimum atomic E-state index is 0.133. The predicted molar refractivity (Wildman–Crippen MR) is 90.7 cm³/mol. The zero-order chi connectivity index (χ0) is 15.3. The lowest BCUT2D eigenvalue weighted by Gasteiger charge is -2.30. The molecule has 1 saturated carbocycles. The largest absolute Gasteiger partial charge is 0.356 e. The summed E-state index contributed by atoms with van der Waals surface area (Å²) in [6, 6.07) is 4.90. The van der Waals surface area contributed by atoms with E-state index in [0.29, 0.717) is 6.04 Å². The van der Waals surface area contributed by atoms with Gasteiger partial charge in [0.25, 0.3) is 0 Å². The Balaban J connectivity index is 2.10. The third kappa shape index (κ3) is 4.99. The lowest BCUT2D eigenvalue weighted by atomic mass is 10.1. The number of nitrogens with one attached hydrogen (secondary N) is 1. The molecule has 1 aliphatic carbocycles. The van der Waals surface area contributed by atoms with Crippen LogP contribution in [0.5, 0.6) is 0 Å². The van der Waals surface area contributed by atoms with Crippen LogP contribution in [0, 0.1) is 0 Å². The minimum Gasteiger partial charge on any atom is -0.356 e. The van der Waals surface area contributed by atoms with E-state index >= 15 is 0 Å². The highest BCUT2D eigenvalue weighted by Gasteiger charge is 2.20. The summed E-state index contributed by atoms with van der Waals surface area (Å²) in [5.74, 6) is 1.15. The molecule has 3 heteroatoms. The molecule has 1 N–H and O–H groups in total. The lowest BCUT2D eigenvalue weighted by Crippen LogP contribution is -2.37. The molecule has 2 rings (SSSR count). The molecule has 21 heavy (non-hydrogen) atoms. The van der Waals surface area contributed by atoms with Gasteiger partial charge in [-0.1, -0.05) is 31.7 Å². The van der Waals surface area contributed by atoms with Crippen molar-refractivity contribution in [1.29, 1.82) is 0 Å². The second kappa shape index (κ2) is 7.26. The highest BCUT2D eigenvalue weighted by molar-refractivity contribution is 5.47. The topological polar surface area (TPSA) is 28.2 Å². The van der Waals surface area contributed by atoms with E-state index in [0.717, 1.165) is 12.4 Å². The summed E-state index contributed by atoms with van der Waals surface area (Å²) in [4.78, 5) is 7.09. The third-order valence-corrected chi connectivity index (χ3v) is 4.38. The van der Waals surface area contributed by atoms with Crippen molar-refractivity contribution in [3.8, 4) is 0 Å². The molecule has 0 radical (unpaired) electrons. The van der Waals surface area contributed by atoms with Crippen molar-refractivity contribution in [2.24, 2.45) is 0 Å². The summed E-state index contributed by atoms with van der Waals surface area (Å²) in [6.45, 7) is 7.50. The molecule has 0 saturated heterocycles. The maximum Gasteiger partial charge on any atom is 0.132 e. The Morgan fingerprint density at radius 2 is 1.86 bits per heavy atom. The standard InChI is InChI=1S/C18H31N3/c1-18(2,3)20-14-15-10-9-13-19-17(15)21(4)16-11-7-5-6-8-12-16/h9-10,13,16,20H,5-8,11-12,14H2,1-4H3. The van der Waals surface area contributed by atoms with Gasteiger partial charge in [0.05, 0.1) is 0 Å². The molecule has 3 nitrogen and oxygen atoms in total. The van der Waals surface area contributed by atoms with Crippen LogP contribution in [-0.4, -0.2) is 23.6 Å². The van der Waals surface area contributed by atoms with E-state index in [4.69, 9.17) is 0 Å². The van der Waals surface area contributed by atoms with E-state index in [2.05, 4.69) is 49.1 Å². The minimum absolute atomic E-state index is 0.133. The Labute approximate surface area is 130 Å². The summed E-state index contributed by atoms with van der Waals surface area (Å²) < 4.78 is 0. The number of aromatic nitrogens is 1. The molecule has 0 atom stereocenters. The SMILES string of the molecule is CN(c1ncccc1CNC(C)(C)C)C1CCCCCC1. The van der Waals surface area contributed by atoms with E-state index in [1.54, 1.807) is 0 Å². The Bertz CT molecular complexity index is 428. The van der Waals surface area contributed by atoms with Crippen LogP contribution < -0.4 is 10.2 Å². The van der Waals surface area contributed by atoms with Crippen molar-refractivity contribution < 1.29 is 0 Å². The van der Waals surface area contributed by atoms with Gasteiger partial charge in [0.2, 0.25) is 0 Å². The Morgan fingerprint density at radius 1 is 1.19 bits per heavy atom. The summed E-state index contributed by atoms with van der Waals surface area (Å²) in [7, 11) is 2.22. The Hall–Kier alpha value is -1.09. The van der Waals surface area contributed by atoms with Gasteiger partial charge in [-0.2, -0.15) is 0 Å². The van der Waals surface area contributed by atoms with Crippen LogP contribution in [0.2, 0.25) is 0 Å². The predicted octanol–water partition coefficient (Wildman–Crippen LogP) is 4.13. The average molecular weight is 289 g/mol. The van der Waals surface area contributed by atoms with Crippen LogP contribution in [0.3, 0.4) is 0 Å². The van der Waals surface area contributed by atoms with Crippen molar-refractivity contribution in [3.63, 3.8) is 0 Å². The van der Waals surface area contributed by atoms with Gasteiger partial charge in [-0.15, -0.1) is 0 Å². The first-order valence-corrected chi connectivity index (χ1v) is 8.39. The fraction of sp³-hybridized carbons (Fsp3) is 0.722. The van der Waals surface area contributed by atoms with Gasteiger partial charge in [0.15, 0.2) is 0 Å². The van der Waals surface area contributed by atoms with Gasteiger partial charge >= 0.3 is 0 Å². The first-order valence-electron chi connectivity index (χ1n) is 8.39. The molecule has 0 aliphatic heterocycles. The fourth-order valence-electron chi connectivity index (χ4n) is 3.06. The smallest absolute Gasteiger partial charge is 0.132 e. The molecular weight excluding hydrogens is 258 g/mol. The van der Waals surface area contributed by atoms with Gasteiger partial charge in [-0.05, 0) is 39.7 Å². The molecule has 1 fully saturated rings. The van der Waals surface area contributed by atoms with Gasteiger partial charge in [-0.3, -0.25) is 0 Å². The van der Waals surface area contributed by atoms with Gasteiger partial charge < -0.3 is 10.2 Å². The number of rotatable bonds is 4. The van der Waals surface area contributed by atoms with Crippen LogP contribution >= 0.6 is 0 Å². The summed E-state index contributed by atoms with van der Waals surface area (Å²) in [5, 5.41) is 3.58. The first kappa shape index (κ1) is 16.3. The van der Waals surface area contributed by atoms with Crippen molar-refractivity contribution >= 4 is 5.82 Å². The molecule has 1 heterocycles. The third-order valence-electron chi connectivity index (χ3n) is 4.38. The molecule has 0 aromatic carbocycles. The van der Waals surface area contributed by atoms with Crippen LogP contribution in [0.1, 0.15) is 64.9 Å². The van der Waals surface area contributed by atoms with Gasteiger partial charge in [0.1, 0.15) is 5.82 Å². The van der Waals surface area contributed by atoms with Crippen LogP contribution in [-0.2, 0) is 6.54 Å². The van der Waals surface area contributed by atoms with Crippen LogP contribution in [0.4, 0.5) is 5.82 Å². The monoisotopic (exact) mass is 289 g/mol. The first-order chi connectivity index (χ1) is 9.97. The second-order valence-electron chi connectivity index (χ2n) is 7.35. The van der Waals surface area contributed by atoms with Gasteiger partial charge in [0, 0.05) is 36.9 Å². The van der Waals surface area contributed by atoms with Crippen molar-refractivity contribution in [2.45, 2.75) is 77.4 Å². The molecule has 0 spiro atoms. The highest BCUT2D eigenvalue weighted by Crippen LogP contribution is 2.26. The van der Waals surface area contributed by atoms with E-state index < -0.39 is 0 Å². The molecule has 118 valence electrons. The molecule has 0 bridgehead atoms. The normalized spacial score (nSPS) is 17.5. The second-order valence-corrected chi connectivity index (χ2v) is 7.35. The quantitative estimate of drug-likeness (QED) is 0.845. The molecule has 0 amide bonds. The summed E-state index contributed by atoms with van der Waals surface area (Å²) in [5.41, 5.74) is 1.44. The Kier molecular flexibility index (Phi) is 5.63. The molecule has 1 aromatic heterocycles. The average Bonchev–Trinajstić information content (AvgIpc) is 2.73. The van der Waals surface area contributed by atoms with E-state index in [9.17, 15) is 0 Å². The molecule has 1 aromatic rings. The maximum atomic E-state index is 4.67. The maximum absolute atomic E-state index is 4.67. The fourth-order valence-corrected chi connectivity index (χ4v) is 3.06. The van der Waals surface area contributed by atoms with Crippen LogP contribution in [0.15, 0.2) is 18.3 Å². The number of hydrogen-bond acceptors (Lipinski definition) is 3. The van der Waals surface area contributed by atoms with E-state index in [1.165, 1.54) is 44.1 Å². The molecule has 1 aliphatic rings. The van der Waals surface area contributed by atoms with Gasteiger partial charge in [-0.25, -0.2) is 4.98 Å². The molecular formula is C18H31N3. The van der Waals surface area contributed by atoms with Crippen molar-refractivity contribution in [1.82, 2.24) is 10.3 Å². The highest BCUT2D eigenvalue weighted by atomic mass is 15.2. The number of pyridine rings is 1. The zero-order valence-electron chi connectivity index (χ0n) is 14.2. The Morgan fingerprint density at radius 3 is 2.48 bits per heavy atom.